The summed E-state index contributed by atoms with van der Waals surface area (Å²) in [6.45, 7) is 0.639. The summed E-state index contributed by atoms with van der Waals surface area (Å²) < 4.78 is 50.3. The number of amidine groups is 1. The van der Waals surface area contributed by atoms with Gasteiger partial charge >= 0.3 is 6.18 Å². The summed E-state index contributed by atoms with van der Waals surface area (Å²) in [7, 11) is 0. The quantitative estimate of drug-likeness (QED) is 0.786. The molecule has 0 aromatic heterocycles. The van der Waals surface area contributed by atoms with Crippen molar-refractivity contribution >= 4 is 22.6 Å². The number of halogens is 4. The SMILES string of the molecule is Fc1ccc(NC2=NCCS2)cc1C(F)(F)F. The van der Waals surface area contributed by atoms with E-state index in [1.165, 1.54) is 17.8 Å². The van der Waals surface area contributed by atoms with Crippen molar-refractivity contribution in [3.05, 3.63) is 29.6 Å². The van der Waals surface area contributed by atoms with Crippen molar-refractivity contribution in [1.29, 1.82) is 0 Å². The van der Waals surface area contributed by atoms with Crippen LogP contribution in [0.15, 0.2) is 23.2 Å². The molecular weight excluding hydrogens is 256 g/mol. The molecule has 0 saturated carbocycles. The normalized spacial score (nSPS) is 15.9. The van der Waals surface area contributed by atoms with Crippen LogP contribution in [0.1, 0.15) is 5.56 Å². The average molecular weight is 264 g/mol. The molecule has 0 bridgehead atoms. The van der Waals surface area contributed by atoms with Gasteiger partial charge in [0.25, 0.3) is 0 Å². The molecule has 1 heterocycles. The Morgan fingerprint density at radius 1 is 1.29 bits per heavy atom. The lowest BCUT2D eigenvalue weighted by molar-refractivity contribution is -0.139. The van der Waals surface area contributed by atoms with E-state index < -0.39 is 17.6 Å². The molecule has 1 N–H and O–H groups in total. The van der Waals surface area contributed by atoms with Gasteiger partial charge in [-0.1, -0.05) is 11.8 Å². The fourth-order valence-electron chi connectivity index (χ4n) is 1.35. The molecule has 1 aliphatic rings. The first-order chi connectivity index (χ1) is 7.97. The Bertz CT molecular complexity index is 456. The Morgan fingerprint density at radius 3 is 2.65 bits per heavy atom. The highest BCUT2D eigenvalue weighted by Gasteiger charge is 2.34. The third-order valence-electron chi connectivity index (χ3n) is 2.11. The van der Waals surface area contributed by atoms with Gasteiger partial charge in [-0.05, 0) is 18.2 Å². The van der Waals surface area contributed by atoms with E-state index in [0.29, 0.717) is 11.7 Å². The fraction of sp³-hybridized carbons (Fsp3) is 0.300. The summed E-state index contributed by atoms with van der Waals surface area (Å²) in [6, 6.07) is 2.80. The van der Waals surface area contributed by atoms with E-state index in [-0.39, 0.29) is 5.69 Å². The number of hydrogen-bond donors (Lipinski definition) is 1. The molecule has 92 valence electrons. The zero-order valence-corrected chi connectivity index (χ0v) is 9.33. The standard InChI is InChI=1S/C10H8F4N2S/c11-8-2-1-6(5-7(8)10(12,13)14)16-9-15-3-4-17-9/h1-2,5H,3-4H2,(H,15,16). The molecule has 0 atom stereocenters. The van der Waals surface area contributed by atoms with Gasteiger partial charge in [0, 0.05) is 11.4 Å². The fourth-order valence-corrected chi connectivity index (χ4v) is 2.10. The van der Waals surface area contributed by atoms with E-state index in [1.54, 1.807) is 0 Å². The molecule has 1 aromatic rings. The van der Waals surface area contributed by atoms with Crippen molar-refractivity contribution in [1.82, 2.24) is 0 Å². The summed E-state index contributed by atoms with van der Waals surface area (Å²) in [5.41, 5.74) is -1.09. The molecule has 0 aliphatic carbocycles. The smallest absolute Gasteiger partial charge is 0.335 e. The minimum atomic E-state index is -4.69. The van der Waals surface area contributed by atoms with Crippen LogP contribution in [0.25, 0.3) is 0 Å². The van der Waals surface area contributed by atoms with Gasteiger partial charge in [0.15, 0.2) is 5.17 Å². The molecule has 0 fully saturated rings. The van der Waals surface area contributed by atoms with E-state index >= 15 is 0 Å². The van der Waals surface area contributed by atoms with Crippen LogP contribution in [0.4, 0.5) is 23.2 Å². The Kier molecular flexibility index (Phi) is 3.28. The minimum Gasteiger partial charge on any atom is -0.335 e. The van der Waals surface area contributed by atoms with Gasteiger partial charge in [-0.3, -0.25) is 4.99 Å². The maximum atomic E-state index is 13.0. The van der Waals surface area contributed by atoms with Crippen molar-refractivity contribution in [3.63, 3.8) is 0 Å². The number of thioether (sulfide) groups is 1. The predicted molar refractivity (Wildman–Crippen MR) is 59.8 cm³/mol. The Hall–Kier alpha value is -1.24. The summed E-state index contributed by atoms with van der Waals surface area (Å²) >= 11 is 1.42. The number of benzene rings is 1. The molecule has 0 spiro atoms. The van der Waals surface area contributed by atoms with Crippen LogP contribution in [-0.2, 0) is 6.18 Å². The highest BCUT2D eigenvalue weighted by Crippen LogP contribution is 2.33. The lowest BCUT2D eigenvalue weighted by atomic mass is 10.2. The van der Waals surface area contributed by atoms with Crippen LogP contribution >= 0.6 is 11.8 Å². The number of aliphatic imine (C=N–C) groups is 1. The second-order valence-electron chi connectivity index (χ2n) is 3.35. The largest absolute Gasteiger partial charge is 0.419 e. The van der Waals surface area contributed by atoms with Gasteiger partial charge in [0.2, 0.25) is 0 Å². The number of hydrogen-bond acceptors (Lipinski definition) is 3. The van der Waals surface area contributed by atoms with Gasteiger partial charge in [-0.25, -0.2) is 4.39 Å². The Labute approximate surface area is 99.1 Å². The second-order valence-corrected chi connectivity index (χ2v) is 4.44. The van der Waals surface area contributed by atoms with E-state index in [4.69, 9.17) is 0 Å². The third kappa shape index (κ3) is 2.91. The lowest BCUT2D eigenvalue weighted by Gasteiger charge is -2.11. The van der Waals surface area contributed by atoms with Crippen molar-refractivity contribution < 1.29 is 17.6 Å². The number of nitrogens with one attached hydrogen (secondary N) is 1. The first-order valence-electron chi connectivity index (χ1n) is 4.78. The molecular formula is C10H8F4N2S. The van der Waals surface area contributed by atoms with Crippen LogP contribution in [0, 0.1) is 5.82 Å². The Balaban J connectivity index is 2.24. The van der Waals surface area contributed by atoms with Crippen LogP contribution in [0.5, 0.6) is 0 Å². The third-order valence-corrected chi connectivity index (χ3v) is 3.00. The highest BCUT2D eigenvalue weighted by atomic mass is 32.2. The molecule has 0 amide bonds. The maximum absolute atomic E-state index is 13.0. The molecule has 1 aliphatic heterocycles. The minimum absolute atomic E-state index is 0.187. The average Bonchev–Trinajstić information content (AvgIpc) is 2.72. The number of anilines is 1. The van der Waals surface area contributed by atoms with E-state index in [2.05, 4.69) is 10.3 Å². The molecule has 0 radical (unpaired) electrons. The zero-order valence-electron chi connectivity index (χ0n) is 8.51. The second kappa shape index (κ2) is 4.56. The molecule has 17 heavy (non-hydrogen) atoms. The van der Waals surface area contributed by atoms with Gasteiger partial charge in [-0.2, -0.15) is 13.2 Å². The van der Waals surface area contributed by atoms with E-state index in [9.17, 15) is 17.6 Å². The summed E-state index contributed by atoms with van der Waals surface area (Å²) in [5, 5.41) is 3.29. The molecule has 0 saturated heterocycles. The summed E-state index contributed by atoms with van der Waals surface area (Å²) in [5.74, 6) is -0.473. The first kappa shape index (κ1) is 12.2. The van der Waals surface area contributed by atoms with Gasteiger partial charge in [0.1, 0.15) is 5.82 Å². The van der Waals surface area contributed by atoms with Crippen molar-refractivity contribution in [3.8, 4) is 0 Å². The first-order valence-corrected chi connectivity index (χ1v) is 5.76. The van der Waals surface area contributed by atoms with Crippen LogP contribution in [0.3, 0.4) is 0 Å². The van der Waals surface area contributed by atoms with Crippen LogP contribution in [-0.4, -0.2) is 17.5 Å². The number of alkyl halides is 3. The van der Waals surface area contributed by atoms with E-state index in [1.807, 2.05) is 0 Å². The molecule has 2 nitrogen and oxygen atoms in total. The number of rotatable bonds is 1. The molecule has 2 rings (SSSR count). The topological polar surface area (TPSA) is 24.4 Å². The zero-order chi connectivity index (χ0) is 12.5. The Morgan fingerprint density at radius 2 is 2.06 bits per heavy atom. The van der Waals surface area contributed by atoms with E-state index in [0.717, 1.165) is 17.9 Å². The van der Waals surface area contributed by atoms with Crippen LogP contribution in [0.2, 0.25) is 0 Å². The van der Waals surface area contributed by atoms with Gasteiger partial charge in [0.05, 0.1) is 12.1 Å². The molecule has 1 aromatic carbocycles. The molecule has 7 heteroatoms. The number of nitrogens with zero attached hydrogens (tertiary/aromatic N) is 1. The maximum Gasteiger partial charge on any atom is 0.419 e. The van der Waals surface area contributed by atoms with Crippen molar-refractivity contribution in [2.75, 3.05) is 17.6 Å². The van der Waals surface area contributed by atoms with Crippen molar-refractivity contribution in [2.45, 2.75) is 6.18 Å². The summed E-state index contributed by atoms with van der Waals surface area (Å²) in [6.07, 6.45) is -4.69. The van der Waals surface area contributed by atoms with Gasteiger partial charge < -0.3 is 5.32 Å². The lowest BCUT2D eigenvalue weighted by Crippen LogP contribution is -2.11. The highest BCUT2D eigenvalue weighted by molar-refractivity contribution is 8.14. The van der Waals surface area contributed by atoms with Gasteiger partial charge in [-0.15, -0.1) is 0 Å². The monoisotopic (exact) mass is 264 g/mol. The van der Waals surface area contributed by atoms with Crippen LogP contribution < -0.4 is 5.32 Å². The van der Waals surface area contributed by atoms with Crippen molar-refractivity contribution in [2.24, 2.45) is 4.99 Å². The predicted octanol–water partition coefficient (Wildman–Crippen LogP) is 3.36. The molecule has 0 unspecified atom stereocenters. The summed E-state index contributed by atoms with van der Waals surface area (Å²) in [4.78, 5) is 4.04.